The normalized spacial score (nSPS) is 20.0. The van der Waals surface area contributed by atoms with E-state index in [9.17, 15) is 0 Å². The van der Waals surface area contributed by atoms with Crippen molar-refractivity contribution in [3.8, 4) is 11.4 Å². The minimum Gasteiger partial charge on any atom is -0.495 e. The third-order valence-corrected chi connectivity index (χ3v) is 5.85. The van der Waals surface area contributed by atoms with E-state index in [1.54, 1.807) is 13.4 Å². The van der Waals surface area contributed by atoms with E-state index in [0.29, 0.717) is 0 Å². The number of benzene rings is 2. The van der Waals surface area contributed by atoms with Crippen LogP contribution in [0.3, 0.4) is 0 Å². The van der Waals surface area contributed by atoms with Crippen LogP contribution in [0.1, 0.15) is 29.3 Å². The summed E-state index contributed by atoms with van der Waals surface area (Å²) in [5, 5.41) is 4.39. The van der Waals surface area contributed by atoms with Gasteiger partial charge in [-0.15, -0.1) is 0 Å². The molecule has 6 nitrogen and oxygen atoms in total. The second-order valence-corrected chi connectivity index (χ2v) is 7.77. The van der Waals surface area contributed by atoms with Crippen LogP contribution in [-0.4, -0.2) is 33.9 Å². The van der Waals surface area contributed by atoms with Gasteiger partial charge in [0.1, 0.15) is 5.75 Å². The highest BCUT2D eigenvalue weighted by Gasteiger charge is 2.46. The highest BCUT2D eigenvalue weighted by atomic mass is 16.7. The zero-order valence-corrected chi connectivity index (χ0v) is 17.4. The maximum absolute atomic E-state index is 5.92. The van der Waals surface area contributed by atoms with Gasteiger partial charge in [-0.2, -0.15) is 0 Å². The summed E-state index contributed by atoms with van der Waals surface area (Å²) < 4.78 is 7.58. The van der Waals surface area contributed by atoms with Crippen molar-refractivity contribution in [1.29, 1.82) is 0 Å². The van der Waals surface area contributed by atoms with E-state index in [1.165, 1.54) is 11.1 Å². The molecule has 3 aromatic rings. The summed E-state index contributed by atoms with van der Waals surface area (Å²) in [6, 6.07) is 14.5. The molecule has 0 amide bonds. The lowest BCUT2D eigenvalue weighted by Gasteiger charge is -2.39. The molecule has 0 fully saturated rings. The predicted octanol–water partition coefficient (Wildman–Crippen LogP) is 4.28. The van der Waals surface area contributed by atoms with Gasteiger partial charge in [0, 0.05) is 25.2 Å². The topological polar surface area (TPSA) is 51.9 Å². The molecule has 152 valence electrons. The number of ether oxygens (including phenoxy) is 1. The van der Waals surface area contributed by atoms with Crippen LogP contribution in [-0.2, 0) is 17.0 Å². The van der Waals surface area contributed by atoms with Crippen molar-refractivity contribution in [2.75, 3.05) is 13.7 Å². The van der Waals surface area contributed by atoms with Crippen molar-refractivity contribution in [3.05, 3.63) is 83.4 Å². The van der Waals surface area contributed by atoms with Crippen molar-refractivity contribution >= 4 is 11.9 Å². The fourth-order valence-electron chi connectivity index (χ4n) is 4.25. The summed E-state index contributed by atoms with van der Waals surface area (Å²) in [6.07, 6.45) is 8.80. The molecule has 0 bridgehead atoms. The Bertz CT molecular complexity index is 1160. The molecule has 5 rings (SSSR count). The highest BCUT2D eigenvalue weighted by molar-refractivity contribution is 5.97. The third kappa shape index (κ3) is 2.96. The number of methoxy groups -OCH3 is 1. The number of imidazole rings is 1. The molecule has 2 aliphatic heterocycles. The Morgan fingerprint density at radius 2 is 2.03 bits per heavy atom. The van der Waals surface area contributed by atoms with Crippen LogP contribution in [0.15, 0.2) is 66.2 Å². The number of aromatic nitrogens is 2. The largest absolute Gasteiger partial charge is 0.495 e. The van der Waals surface area contributed by atoms with Crippen molar-refractivity contribution in [2.24, 2.45) is 5.16 Å². The van der Waals surface area contributed by atoms with E-state index in [2.05, 4.69) is 52.3 Å². The Balaban J connectivity index is 1.40. The van der Waals surface area contributed by atoms with Crippen LogP contribution in [0.5, 0.6) is 5.75 Å². The number of hydrogen-bond donors (Lipinski definition) is 0. The minimum absolute atomic E-state index is 0.546. The van der Waals surface area contributed by atoms with Crippen molar-refractivity contribution in [1.82, 2.24) is 14.5 Å². The second-order valence-electron chi connectivity index (χ2n) is 7.77. The zero-order chi connectivity index (χ0) is 20.7. The average Bonchev–Trinajstić information content (AvgIpc) is 3.35. The number of amidine groups is 1. The van der Waals surface area contributed by atoms with Gasteiger partial charge in [0.25, 0.3) is 0 Å². The monoisotopic (exact) mass is 400 g/mol. The van der Waals surface area contributed by atoms with Gasteiger partial charge in [0.05, 0.1) is 24.8 Å². The van der Waals surface area contributed by atoms with Crippen LogP contribution in [0.4, 0.5) is 0 Å². The van der Waals surface area contributed by atoms with Crippen molar-refractivity contribution < 1.29 is 9.57 Å². The molecule has 0 saturated heterocycles. The maximum Gasteiger partial charge on any atom is 0.234 e. The molecule has 2 aliphatic rings. The molecule has 1 atom stereocenters. The first-order chi connectivity index (χ1) is 14.6. The Hall–Kier alpha value is -3.54. The number of nitrogens with zero attached hydrogens (tertiary/aromatic N) is 4. The number of fused-ring (bicyclic) bond motifs is 3. The second kappa shape index (κ2) is 7.06. The lowest BCUT2D eigenvalue weighted by molar-refractivity contribution is -0.0957. The molecule has 0 saturated carbocycles. The number of hydrogen-bond acceptors (Lipinski definition) is 5. The Morgan fingerprint density at radius 3 is 2.83 bits per heavy atom. The highest BCUT2D eigenvalue weighted by Crippen LogP contribution is 2.40. The lowest BCUT2D eigenvalue weighted by atomic mass is 9.90. The fraction of sp³-hybridized carbons (Fsp3) is 0.250. The average molecular weight is 400 g/mol. The van der Waals surface area contributed by atoms with E-state index in [0.717, 1.165) is 41.5 Å². The van der Waals surface area contributed by atoms with E-state index < -0.39 is 5.72 Å². The molecule has 0 radical (unpaired) electrons. The van der Waals surface area contributed by atoms with Gasteiger partial charge < -0.3 is 19.0 Å². The molecule has 0 N–H and O–H groups in total. The standard InChI is InChI=1S/C24H24N4O2/c1-17-15-27(16-25-17)21-10-8-18(14-22(21)29-3)9-11-23-26-30-24(2)20-7-5-4-6-19(20)12-13-28(23)24/h4-11,14-16H,12-13H2,1-3H3. The predicted molar refractivity (Wildman–Crippen MR) is 117 cm³/mol. The van der Waals surface area contributed by atoms with Crippen molar-refractivity contribution in [3.63, 3.8) is 0 Å². The Morgan fingerprint density at radius 1 is 1.17 bits per heavy atom. The first-order valence-corrected chi connectivity index (χ1v) is 10.1. The summed E-state index contributed by atoms with van der Waals surface area (Å²) in [4.78, 5) is 12.5. The van der Waals surface area contributed by atoms with Gasteiger partial charge in [-0.25, -0.2) is 4.98 Å². The van der Waals surface area contributed by atoms with Crippen LogP contribution in [0.25, 0.3) is 11.8 Å². The van der Waals surface area contributed by atoms with E-state index >= 15 is 0 Å². The minimum atomic E-state index is -0.546. The first kappa shape index (κ1) is 18.5. The summed E-state index contributed by atoms with van der Waals surface area (Å²) in [6.45, 7) is 4.93. The molecular formula is C24H24N4O2. The summed E-state index contributed by atoms with van der Waals surface area (Å²) >= 11 is 0. The maximum atomic E-state index is 5.92. The Kier molecular flexibility index (Phi) is 4.35. The number of aryl methyl sites for hydroxylation is 1. The third-order valence-electron chi connectivity index (χ3n) is 5.85. The molecule has 0 aliphatic carbocycles. The molecule has 6 heteroatoms. The van der Waals surface area contributed by atoms with Gasteiger partial charge >= 0.3 is 0 Å². The SMILES string of the molecule is COc1cc(C=CC2=NOC3(C)c4ccccc4CCN23)ccc1-n1cnc(C)c1. The molecular weight excluding hydrogens is 376 g/mol. The molecule has 0 spiro atoms. The van der Waals surface area contributed by atoms with Gasteiger partial charge in [-0.05, 0) is 42.7 Å². The van der Waals surface area contributed by atoms with Crippen LogP contribution < -0.4 is 4.74 Å². The smallest absolute Gasteiger partial charge is 0.234 e. The number of oxime groups is 1. The van der Waals surface area contributed by atoms with Crippen molar-refractivity contribution in [2.45, 2.75) is 26.0 Å². The van der Waals surface area contributed by atoms with Gasteiger partial charge in [0.15, 0.2) is 5.84 Å². The fourth-order valence-corrected chi connectivity index (χ4v) is 4.25. The van der Waals surface area contributed by atoms with E-state index in [-0.39, 0.29) is 0 Å². The quantitative estimate of drug-likeness (QED) is 0.656. The summed E-state index contributed by atoms with van der Waals surface area (Å²) in [7, 11) is 1.68. The van der Waals surface area contributed by atoms with E-state index in [4.69, 9.17) is 9.57 Å². The van der Waals surface area contributed by atoms with Crippen LogP contribution >= 0.6 is 0 Å². The lowest BCUT2D eigenvalue weighted by Crippen LogP contribution is -2.48. The van der Waals surface area contributed by atoms with Gasteiger partial charge in [-0.1, -0.05) is 41.6 Å². The summed E-state index contributed by atoms with van der Waals surface area (Å²) in [5.41, 5.74) is 4.91. The summed E-state index contributed by atoms with van der Waals surface area (Å²) in [5.74, 6) is 1.62. The first-order valence-electron chi connectivity index (χ1n) is 10.1. The van der Waals surface area contributed by atoms with Gasteiger partial charge in [-0.3, -0.25) is 0 Å². The molecule has 2 aromatic carbocycles. The van der Waals surface area contributed by atoms with Crippen LogP contribution in [0.2, 0.25) is 0 Å². The van der Waals surface area contributed by atoms with E-state index in [1.807, 2.05) is 42.0 Å². The zero-order valence-electron chi connectivity index (χ0n) is 17.4. The molecule has 1 aromatic heterocycles. The molecule has 1 unspecified atom stereocenters. The molecule has 3 heterocycles. The Labute approximate surface area is 176 Å². The number of rotatable bonds is 4. The van der Waals surface area contributed by atoms with Crippen LogP contribution in [0, 0.1) is 6.92 Å². The molecule has 30 heavy (non-hydrogen) atoms. The van der Waals surface area contributed by atoms with Gasteiger partial charge in [0.2, 0.25) is 5.72 Å².